The number of hydrogen-bond donors (Lipinski definition) is 0. The second kappa shape index (κ2) is 6.35. The van der Waals surface area contributed by atoms with Crippen molar-refractivity contribution in [2.75, 3.05) is 0 Å². The van der Waals surface area contributed by atoms with E-state index in [1.165, 1.54) is 6.92 Å². The number of unbranched alkanes of at least 4 members (excludes halogenated alkanes) is 1. The van der Waals surface area contributed by atoms with Gasteiger partial charge in [-0.1, -0.05) is 19.4 Å². The van der Waals surface area contributed by atoms with Crippen molar-refractivity contribution < 1.29 is 14.3 Å². The zero-order valence-corrected chi connectivity index (χ0v) is 9.29. The van der Waals surface area contributed by atoms with E-state index in [0.29, 0.717) is 0 Å². The highest BCUT2D eigenvalue weighted by Crippen LogP contribution is 2.05. The first kappa shape index (κ1) is 12.9. The molecule has 0 heterocycles. The van der Waals surface area contributed by atoms with Crippen LogP contribution in [0.15, 0.2) is 11.6 Å². The van der Waals surface area contributed by atoms with Gasteiger partial charge in [0.15, 0.2) is 5.78 Å². The maximum atomic E-state index is 11.4. The summed E-state index contributed by atoms with van der Waals surface area (Å²) in [7, 11) is 0. The van der Waals surface area contributed by atoms with Crippen molar-refractivity contribution in [3.05, 3.63) is 11.6 Å². The van der Waals surface area contributed by atoms with Gasteiger partial charge < -0.3 is 4.74 Å². The van der Waals surface area contributed by atoms with Gasteiger partial charge >= 0.3 is 5.97 Å². The monoisotopic (exact) mass is 198 g/mol. The molecule has 3 nitrogen and oxygen atoms in total. The molecule has 0 N–H and O–H groups in total. The first-order chi connectivity index (χ1) is 6.49. The molecule has 0 aromatic rings. The Morgan fingerprint density at radius 1 is 1.36 bits per heavy atom. The Morgan fingerprint density at radius 3 is 2.29 bits per heavy atom. The van der Waals surface area contributed by atoms with Crippen LogP contribution < -0.4 is 0 Å². The third-order valence-electron chi connectivity index (χ3n) is 1.58. The summed E-state index contributed by atoms with van der Waals surface area (Å²) in [6.45, 7) is 6.88. The van der Waals surface area contributed by atoms with Crippen LogP contribution in [0.2, 0.25) is 0 Å². The molecule has 0 atom stereocenters. The number of hydrogen-bond acceptors (Lipinski definition) is 3. The molecule has 0 spiro atoms. The molecule has 0 rings (SSSR count). The molecule has 0 radical (unpaired) electrons. The highest BCUT2D eigenvalue weighted by Gasteiger charge is 2.16. The van der Waals surface area contributed by atoms with E-state index < -0.39 is 5.97 Å². The molecule has 0 saturated heterocycles. The first-order valence-electron chi connectivity index (χ1n) is 4.91. The van der Waals surface area contributed by atoms with Gasteiger partial charge in [0.1, 0.15) is 0 Å². The highest BCUT2D eigenvalue weighted by molar-refractivity contribution is 6.16. The average molecular weight is 198 g/mol. The van der Waals surface area contributed by atoms with Crippen LogP contribution in [0.25, 0.3) is 0 Å². The number of rotatable bonds is 5. The van der Waals surface area contributed by atoms with Crippen molar-refractivity contribution in [1.29, 1.82) is 0 Å². The van der Waals surface area contributed by atoms with Gasteiger partial charge in [0, 0.05) is 0 Å². The summed E-state index contributed by atoms with van der Waals surface area (Å²) in [6, 6.07) is 0. The van der Waals surface area contributed by atoms with Gasteiger partial charge in [-0.3, -0.25) is 4.79 Å². The van der Waals surface area contributed by atoms with Crippen LogP contribution in [0.3, 0.4) is 0 Å². The molecule has 0 aliphatic rings. The van der Waals surface area contributed by atoms with E-state index in [1.807, 2.05) is 6.92 Å². The zero-order valence-electron chi connectivity index (χ0n) is 9.29. The number of allylic oxidation sites excluding steroid dienone is 1. The summed E-state index contributed by atoms with van der Waals surface area (Å²) in [6.07, 6.45) is 3.09. The van der Waals surface area contributed by atoms with Gasteiger partial charge in [0.05, 0.1) is 11.7 Å². The predicted octanol–water partition coefficient (Wildman–Crippen LogP) is 2.25. The standard InChI is InChI=1S/C11H18O3/c1-5-6-7-10(9(4)12)11(13)14-8(2)3/h7-8H,5-6H2,1-4H3/b10-7-. The van der Waals surface area contributed by atoms with Crippen molar-refractivity contribution in [3.8, 4) is 0 Å². The van der Waals surface area contributed by atoms with E-state index in [4.69, 9.17) is 4.74 Å². The fourth-order valence-electron chi connectivity index (χ4n) is 0.937. The number of esters is 1. The van der Waals surface area contributed by atoms with Crippen LogP contribution in [-0.4, -0.2) is 17.9 Å². The molecule has 0 aliphatic heterocycles. The normalized spacial score (nSPS) is 11.6. The van der Waals surface area contributed by atoms with Crippen LogP contribution in [0.5, 0.6) is 0 Å². The smallest absolute Gasteiger partial charge is 0.341 e. The summed E-state index contributed by atoms with van der Waals surface area (Å²) >= 11 is 0. The van der Waals surface area contributed by atoms with E-state index in [0.717, 1.165) is 12.8 Å². The summed E-state index contributed by atoms with van der Waals surface area (Å²) in [5.74, 6) is -0.745. The largest absolute Gasteiger partial charge is 0.459 e. The lowest BCUT2D eigenvalue weighted by atomic mass is 10.1. The van der Waals surface area contributed by atoms with Crippen LogP contribution in [-0.2, 0) is 14.3 Å². The Kier molecular flexibility index (Phi) is 5.84. The molecule has 0 unspecified atom stereocenters. The van der Waals surface area contributed by atoms with Crippen LogP contribution in [0, 0.1) is 0 Å². The summed E-state index contributed by atoms with van der Waals surface area (Å²) in [4.78, 5) is 22.5. The minimum Gasteiger partial charge on any atom is -0.459 e. The number of carbonyl (C=O) groups excluding carboxylic acids is 2. The minimum absolute atomic E-state index is 0.167. The lowest BCUT2D eigenvalue weighted by molar-refractivity contribution is -0.143. The molecule has 0 aromatic heterocycles. The van der Waals surface area contributed by atoms with Crippen molar-refractivity contribution in [2.45, 2.75) is 46.6 Å². The lowest BCUT2D eigenvalue weighted by Crippen LogP contribution is -2.17. The summed E-state index contributed by atoms with van der Waals surface area (Å²) in [5.41, 5.74) is 0.167. The molecule has 3 heteroatoms. The molecule has 0 amide bonds. The first-order valence-corrected chi connectivity index (χ1v) is 4.91. The third kappa shape index (κ3) is 4.80. The number of ketones is 1. The Hall–Kier alpha value is -1.12. The summed E-state index contributed by atoms with van der Waals surface area (Å²) < 4.78 is 4.94. The molecule has 0 fully saturated rings. The van der Waals surface area contributed by atoms with Crippen LogP contribution >= 0.6 is 0 Å². The van der Waals surface area contributed by atoms with Gasteiger partial charge in [-0.15, -0.1) is 0 Å². The van der Waals surface area contributed by atoms with Crippen molar-refractivity contribution in [3.63, 3.8) is 0 Å². The number of carbonyl (C=O) groups is 2. The molecule has 80 valence electrons. The quantitative estimate of drug-likeness (QED) is 0.294. The van der Waals surface area contributed by atoms with Crippen LogP contribution in [0.4, 0.5) is 0 Å². The Morgan fingerprint density at radius 2 is 1.93 bits per heavy atom. The van der Waals surface area contributed by atoms with Crippen molar-refractivity contribution >= 4 is 11.8 Å². The second-order valence-electron chi connectivity index (χ2n) is 3.42. The number of Topliss-reactive ketones (excluding diaryl/α,β-unsaturated/α-hetero) is 1. The van der Waals surface area contributed by atoms with Gasteiger partial charge in [-0.25, -0.2) is 4.79 Å². The Labute approximate surface area is 85.1 Å². The topological polar surface area (TPSA) is 43.4 Å². The SMILES string of the molecule is CCC/C=C(/C(C)=O)C(=O)OC(C)C. The maximum absolute atomic E-state index is 11.4. The Balaban J connectivity index is 4.50. The van der Waals surface area contributed by atoms with Gasteiger partial charge in [0.2, 0.25) is 0 Å². The lowest BCUT2D eigenvalue weighted by Gasteiger charge is -2.08. The fourth-order valence-corrected chi connectivity index (χ4v) is 0.937. The van der Waals surface area contributed by atoms with Gasteiger partial charge in [-0.2, -0.15) is 0 Å². The molecule has 0 aliphatic carbocycles. The molecule has 0 saturated carbocycles. The van der Waals surface area contributed by atoms with E-state index >= 15 is 0 Å². The van der Waals surface area contributed by atoms with E-state index in [1.54, 1.807) is 19.9 Å². The summed E-state index contributed by atoms with van der Waals surface area (Å²) in [5, 5.41) is 0. The number of ether oxygens (including phenoxy) is 1. The minimum atomic E-state index is -0.513. The maximum Gasteiger partial charge on any atom is 0.341 e. The zero-order chi connectivity index (χ0) is 11.1. The average Bonchev–Trinajstić information content (AvgIpc) is 2.02. The third-order valence-corrected chi connectivity index (χ3v) is 1.58. The second-order valence-corrected chi connectivity index (χ2v) is 3.42. The van der Waals surface area contributed by atoms with E-state index in [2.05, 4.69) is 0 Å². The van der Waals surface area contributed by atoms with E-state index in [-0.39, 0.29) is 17.5 Å². The van der Waals surface area contributed by atoms with Crippen LogP contribution in [0.1, 0.15) is 40.5 Å². The molecular formula is C11H18O3. The van der Waals surface area contributed by atoms with Gasteiger partial charge in [-0.05, 0) is 27.2 Å². The Bertz CT molecular complexity index is 239. The van der Waals surface area contributed by atoms with Crippen molar-refractivity contribution in [1.82, 2.24) is 0 Å². The van der Waals surface area contributed by atoms with Gasteiger partial charge in [0.25, 0.3) is 0 Å². The predicted molar refractivity (Wildman–Crippen MR) is 54.9 cm³/mol. The van der Waals surface area contributed by atoms with E-state index in [9.17, 15) is 9.59 Å². The molecule has 0 bridgehead atoms. The molecule has 14 heavy (non-hydrogen) atoms. The molecule has 0 aromatic carbocycles. The highest BCUT2D eigenvalue weighted by atomic mass is 16.5. The fraction of sp³-hybridized carbons (Fsp3) is 0.636. The molecular weight excluding hydrogens is 180 g/mol. The van der Waals surface area contributed by atoms with Crippen molar-refractivity contribution in [2.24, 2.45) is 0 Å².